The maximum absolute atomic E-state index is 11.7. The van der Waals surface area contributed by atoms with Gasteiger partial charge in [0.1, 0.15) is 17.0 Å². The summed E-state index contributed by atoms with van der Waals surface area (Å²) in [4.78, 5) is 27.5. The summed E-state index contributed by atoms with van der Waals surface area (Å²) in [5.74, 6) is 1.31. The summed E-state index contributed by atoms with van der Waals surface area (Å²) in [6.07, 6.45) is 6.95. The monoisotopic (exact) mass is 316 g/mol. The molecular formula is C16H20N4OS. The van der Waals surface area contributed by atoms with Crippen LogP contribution in [0, 0.1) is 0 Å². The normalized spacial score (nSPS) is 17.5. The van der Waals surface area contributed by atoms with E-state index in [4.69, 9.17) is 0 Å². The summed E-state index contributed by atoms with van der Waals surface area (Å²) in [5.41, 5.74) is 1.46. The maximum atomic E-state index is 11.7. The summed E-state index contributed by atoms with van der Waals surface area (Å²) in [6.45, 7) is 2.51. The van der Waals surface area contributed by atoms with Crippen molar-refractivity contribution in [1.29, 1.82) is 0 Å². The number of likely N-dealkylation sites (N-methyl/N-ethyl adjacent to an activating group) is 1. The summed E-state index contributed by atoms with van der Waals surface area (Å²) in [6, 6.07) is 0. The summed E-state index contributed by atoms with van der Waals surface area (Å²) in [7, 11) is 2.07. The molecule has 0 N–H and O–H groups in total. The Balaban J connectivity index is 1.59. The highest BCUT2D eigenvalue weighted by Gasteiger charge is 2.24. The predicted octanol–water partition coefficient (Wildman–Crippen LogP) is 2.24. The molecule has 1 fully saturated rings. The zero-order valence-electron chi connectivity index (χ0n) is 12.8. The lowest BCUT2D eigenvalue weighted by Gasteiger charge is -2.23. The molecule has 0 bridgehead atoms. The number of carbonyl (C=O) groups is 1. The van der Waals surface area contributed by atoms with Gasteiger partial charge in [-0.2, -0.15) is 0 Å². The van der Waals surface area contributed by atoms with Crippen molar-refractivity contribution in [3.63, 3.8) is 0 Å². The Morgan fingerprint density at radius 2 is 2.18 bits per heavy atom. The van der Waals surface area contributed by atoms with Gasteiger partial charge in [-0.25, -0.2) is 9.97 Å². The number of hydrogen-bond acceptors (Lipinski definition) is 5. The van der Waals surface area contributed by atoms with E-state index in [-0.39, 0.29) is 5.91 Å². The first-order valence-corrected chi connectivity index (χ1v) is 8.80. The zero-order chi connectivity index (χ0) is 15.1. The summed E-state index contributed by atoms with van der Waals surface area (Å²) in [5, 5.41) is 1.25. The molecule has 1 saturated heterocycles. The lowest BCUT2D eigenvalue weighted by Crippen LogP contribution is -2.34. The van der Waals surface area contributed by atoms with E-state index in [1.807, 2.05) is 16.2 Å². The van der Waals surface area contributed by atoms with Gasteiger partial charge in [0.25, 0.3) is 0 Å². The second-order valence-corrected chi connectivity index (χ2v) is 7.22. The Hall–Kier alpha value is -1.69. The van der Waals surface area contributed by atoms with Gasteiger partial charge in [0.15, 0.2) is 0 Å². The summed E-state index contributed by atoms with van der Waals surface area (Å²) < 4.78 is 0. The fraction of sp³-hybridized carbons (Fsp3) is 0.562. The number of aromatic nitrogens is 2. The Morgan fingerprint density at radius 3 is 3.00 bits per heavy atom. The Morgan fingerprint density at radius 1 is 1.27 bits per heavy atom. The van der Waals surface area contributed by atoms with Gasteiger partial charge < -0.3 is 9.80 Å². The molecular weight excluding hydrogens is 296 g/mol. The topological polar surface area (TPSA) is 49.3 Å². The van der Waals surface area contributed by atoms with E-state index in [0.29, 0.717) is 6.42 Å². The second-order valence-electron chi connectivity index (χ2n) is 6.14. The highest BCUT2D eigenvalue weighted by molar-refractivity contribution is 7.19. The van der Waals surface area contributed by atoms with Crippen LogP contribution in [0.15, 0.2) is 6.33 Å². The molecule has 1 aliphatic heterocycles. The number of nitrogens with zero attached hydrogens (tertiary/aromatic N) is 4. The van der Waals surface area contributed by atoms with Gasteiger partial charge in [0.2, 0.25) is 5.91 Å². The maximum Gasteiger partial charge on any atom is 0.222 e. The molecule has 2 aliphatic rings. The van der Waals surface area contributed by atoms with Crippen LogP contribution in [0.3, 0.4) is 0 Å². The molecule has 1 aliphatic carbocycles. The van der Waals surface area contributed by atoms with E-state index < -0.39 is 0 Å². The first-order chi connectivity index (χ1) is 10.7. The SMILES string of the molecule is CN(CCN1CCCC1=O)c1ncnc2sc3c(c12)CCC3. The van der Waals surface area contributed by atoms with Gasteiger partial charge in [-0.05, 0) is 31.2 Å². The van der Waals surface area contributed by atoms with Crippen molar-refractivity contribution in [3.05, 3.63) is 16.8 Å². The Labute approximate surface area is 134 Å². The molecule has 0 spiro atoms. The van der Waals surface area contributed by atoms with Gasteiger partial charge in [0, 0.05) is 38.0 Å². The molecule has 0 radical (unpaired) electrons. The van der Waals surface area contributed by atoms with Crippen LogP contribution in [0.4, 0.5) is 5.82 Å². The average molecular weight is 316 g/mol. The van der Waals surface area contributed by atoms with Crippen LogP contribution in [0.25, 0.3) is 10.2 Å². The number of likely N-dealkylation sites (tertiary alicyclic amines) is 1. The fourth-order valence-electron chi connectivity index (χ4n) is 3.52. The predicted molar refractivity (Wildman–Crippen MR) is 88.5 cm³/mol. The van der Waals surface area contributed by atoms with Crippen molar-refractivity contribution < 1.29 is 4.79 Å². The van der Waals surface area contributed by atoms with Crippen molar-refractivity contribution in [2.45, 2.75) is 32.1 Å². The molecule has 0 unspecified atom stereocenters. The number of fused-ring (bicyclic) bond motifs is 3. The van der Waals surface area contributed by atoms with Crippen LogP contribution in [-0.2, 0) is 17.6 Å². The molecule has 2 aromatic heterocycles. The van der Waals surface area contributed by atoms with Crippen LogP contribution in [0.5, 0.6) is 0 Å². The lowest BCUT2D eigenvalue weighted by molar-refractivity contribution is -0.127. The number of rotatable bonds is 4. The molecule has 0 atom stereocenters. The number of anilines is 1. The minimum absolute atomic E-state index is 0.289. The molecule has 22 heavy (non-hydrogen) atoms. The second kappa shape index (κ2) is 5.50. The molecule has 3 heterocycles. The van der Waals surface area contributed by atoms with E-state index >= 15 is 0 Å². The quantitative estimate of drug-likeness (QED) is 0.868. The Bertz CT molecular complexity index is 726. The molecule has 4 rings (SSSR count). The molecule has 0 aromatic carbocycles. The summed E-state index contributed by atoms with van der Waals surface area (Å²) >= 11 is 1.82. The number of hydrogen-bond donors (Lipinski definition) is 0. The minimum atomic E-state index is 0.289. The molecule has 5 nitrogen and oxygen atoms in total. The van der Waals surface area contributed by atoms with E-state index in [1.165, 1.54) is 28.7 Å². The van der Waals surface area contributed by atoms with Crippen LogP contribution in [-0.4, -0.2) is 47.5 Å². The number of carbonyl (C=O) groups excluding carboxylic acids is 1. The van der Waals surface area contributed by atoms with Crippen molar-refractivity contribution in [2.75, 3.05) is 31.6 Å². The standard InChI is InChI=1S/C16H20N4OS/c1-19(8-9-20-7-3-6-13(20)21)15-14-11-4-2-5-12(11)22-16(14)18-10-17-15/h10H,2-9H2,1H3. The third-order valence-corrected chi connectivity index (χ3v) is 5.92. The van der Waals surface area contributed by atoms with Crippen LogP contribution < -0.4 is 4.90 Å². The lowest BCUT2D eigenvalue weighted by atomic mass is 10.2. The van der Waals surface area contributed by atoms with Gasteiger partial charge in [0.05, 0.1) is 5.39 Å². The fourth-order valence-corrected chi connectivity index (χ4v) is 4.74. The third-order valence-electron chi connectivity index (χ3n) is 4.72. The van der Waals surface area contributed by atoms with E-state index in [2.05, 4.69) is 21.9 Å². The van der Waals surface area contributed by atoms with E-state index in [0.717, 1.165) is 43.1 Å². The molecule has 116 valence electrons. The van der Waals surface area contributed by atoms with Crippen molar-refractivity contribution in [1.82, 2.24) is 14.9 Å². The van der Waals surface area contributed by atoms with Gasteiger partial charge in [-0.1, -0.05) is 0 Å². The molecule has 0 saturated carbocycles. The number of amides is 1. The first-order valence-electron chi connectivity index (χ1n) is 7.98. The van der Waals surface area contributed by atoms with Crippen molar-refractivity contribution >= 4 is 33.3 Å². The van der Waals surface area contributed by atoms with Crippen LogP contribution in [0.1, 0.15) is 29.7 Å². The molecule has 2 aromatic rings. The first kappa shape index (κ1) is 13.9. The van der Waals surface area contributed by atoms with Crippen LogP contribution >= 0.6 is 11.3 Å². The van der Waals surface area contributed by atoms with Gasteiger partial charge >= 0.3 is 0 Å². The van der Waals surface area contributed by atoms with E-state index in [1.54, 1.807) is 6.33 Å². The van der Waals surface area contributed by atoms with Crippen molar-refractivity contribution in [3.8, 4) is 0 Å². The average Bonchev–Trinajstić information content (AvgIpc) is 3.19. The van der Waals surface area contributed by atoms with E-state index in [9.17, 15) is 4.79 Å². The minimum Gasteiger partial charge on any atom is -0.357 e. The smallest absolute Gasteiger partial charge is 0.222 e. The molecule has 1 amide bonds. The number of aryl methyl sites for hydroxylation is 2. The third kappa shape index (κ3) is 2.26. The van der Waals surface area contributed by atoms with Gasteiger partial charge in [-0.3, -0.25) is 4.79 Å². The highest BCUT2D eigenvalue weighted by Crippen LogP contribution is 2.39. The van der Waals surface area contributed by atoms with Crippen molar-refractivity contribution in [2.24, 2.45) is 0 Å². The number of thiophene rings is 1. The largest absolute Gasteiger partial charge is 0.357 e. The highest BCUT2D eigenvalue weighted by atomic mass is 32.1. The zero-order valence-corrected chi connectivity index (χ0v) is 13.7. The van der Waals surface area contributed by atoms with Crippen LogP contribution in [0.2, 0.25) is 0 Å². The molecule has 6 heteroatoms. The Kier molecular flexibility index (Phi) is 3.48. The van der Waals surface area contributed by atoms with Gasteiger partial charge in [-0.15, -0.1) is 11.3 Å².